The normalized spacial score (nSPS) is 10.7. The van der Waals surface area contributed by atoms with Crippen molar-refractivity contribution in [1.82, 2.24) is 4.40 Å². The summed E-state index contributed by atoms with van der Waals surface area (Å²) in [6.07, 6.45) is 1.68. The van der Waals surface area contributed by atoms with Crippen LogP contribution in [-0.2, 0) is 0 Å². The minimum atomic E-state index is -0.135. The summed E-state index contributed by atoms with van der Waals surface area (Å²) in [5, 5.41) is 0. The van der Waals surface area contributed by atoms with Crippen LogP contribution in [0.25, 0.3) is 16.6 Å². The maximum absolute atomic E-state index is 12.2. The average Bonchev–Trinajstić information content (AvgIpc) is 2.47. The lowest BCUT2D eigenvalue weighted by atomic mass is 10.0. The highest BCUT2D eigenvalue weighted by molar-refractivity contribution is 6.01. The molecule has 3 nitrogen and oxygen atoms in total. The highest BCUT2D eigenvalue weighted by atomic mass is 16.1. The van der Waals surface area contributed by atoms with Crippen molar-refractivity contribution < 1.29 is 4.79 Å². The lowest BCUT2D eigenvalue weighted by Gasteiger charge is -2.08. The Morgan fingerprint density at radius 3 is 2.40 bits per heavy atom. The Hall–Kier alpha value is -2.68. The van der Waals surface area contributed by atoms with E-state index in [0.717, 1.165) is 11.1 Å². The van der Waals surface area contributed by atoms with Crippen LogP contribution >= 0.6 is 0 Å². The van der Waals surface area contributed by atoms with E-state index in [1.54, 1.807) is 24.4 Å². The van der Waals surface area contributed by atoms with Gasteiger partial charge < -0.3 is 0 Å². The van der Waals surface area contributed by atoms with Gasteiger partial charge in [0.15, 0.2) is 5.78 Å². The van der Waals surface area contributed by atoms with E-state index >= 15 is 0 Å². The molecule has 0 spiro atoms. The Labute approximate surface area is 116 Å². The first kappa shape index (κ1) is 12.4. The fourth-order valence-electron chi connectivity index (χ4n) is 2.35. The summed E-state index contributed by atoms with van der Waals surface area (Å²) in [6, 6.07) is 16.6. The van der Waals surface area contributed by atoms with Crippen molar-refractivity contribution >= 4 is 11.3 Å². The van der Waals surface area contributed by atoms with E-state index in [1.165, 1.54) is 11.3 Å². The topological polar surface area (TPSA) is 38.5 Å². The number of Topliss-reactive ketones (excluding diaryl/α,β-unsaturated/α-hetero) is 1. The number of benzene rings is 1. The van der Waals surface area contributed by atoms with Crippen LogP contribution in [0.5, 0.6) is 0 Å². The predicted molar refractivity (Wildman–Crippen MR) is 79.1 cm³/mol. The molecular weight excluding hydrogens is 250 g/mol. The van der Waals surface area contributed by atoms with Crippen LogP contribution in [0.2, 0.25) is 0 Å². The van der Waals surface area contributed by atoms with Crippen molar-refractivity contribution in [3.05, 3.63) is 76.7 Å². The molecule has 0 aliphatic carbocycles. The van der Waals surface area contributed by atoms with Crippen LogP contribution in [0.4, 0.5) is 0 Å². The summed E-state index contributed by atoms with van der Waals surface area (Å²) in [7, 11) is 0. The van der Waals surface area contributed by atoms with Crippen LogP contribution in [0.3, 0.4) is 0 Å². The molecule has 3 heteroatoms. The Balaban J connectivity index is 2.36. The van der Waals surface area contributed by atoms with Gasteiger partial charge in [-0.05, 0) is 36.2 Å². The molecule has 0 amide bonds. The maximum atomic E-state index is 12.2. The number of hydrogen-bond donors (Lipinski definition) is 0. The highest BCUT2D eigenvalue weighted by Crippen LogP contribution is 2.20. The van der Waals surface area contributed by atoms with Gasteiger partial charge in [-0.1, -0.05) is 30.3 Å². The monoisotopic (exact) mass is 263 g/mol. The number of hydrogen-bond acceptors (Lipinski definition) is 2. The first-order valence-corrected chi connectivity index (χ1v) is 6.38. The molecule has 0 unspecified atom stereocenters. The van der Waals surface area contributed by atoms with E-state index in [4.69, 9.17) is 0 Å². The molecule has 0 saturated carbocycles. The summed E-state index contributed by atoms with van der Waals surface area (Å²) in [6.45, 7) is 1.51. The van der Waals surface area contributed by atoms with E-state index in [-0.39, 0.29) is 11.3 Å². The van der Waals surface area contributed by atoms with Crippen molar-refractivity contribution in [2.75, 3.05) is 0 Å². The molecule has 0 aliphatic rings. The third-order valence-electron chi connectivity index (χ3n) is 3.33. The van der Waals surface area contributed by atoms with Gasteiger partial charge in [0.2, 0.25) is 0 Å². The number of aromatic nitrogens is 1. The van der Waals surface area contributed by atoms with Crippen LogP contribution in [-0.4, -0.2) is 10.2 Å². The van der Waals surface area contributed by atoms with Gasteiger partial charge in [-0.25, -0.2) is 0 Å². The van der Waals surface area contributed by atoms with E-state index in [1.807, 2.05) is 36.4 Å². The van der Waals surface area contributed by atoms with Crippen LogP contribution in [0.15, 0.2) is 65.6 Å². The molecule has 0 bridgehead atoms. The minimum Gasteiger partial charge on any atom is -0.294 e. The van der Waals surface area contributed by atoms with Crippen LogP contribution < -0.4 is 5.56 Å². The third-order valence-corrected chi connectivity index (χ3v) is 3.33. The molecule has 3 aromatic rings. The SMILES string of the molecule is CC(=O)c1cccn2c(=O)cc(-c3ccccc3)cc12. The summed E-state index contributed by atoms with van der Waals surface area (Å²) in [5.41, 5.74) is 2.85. The van der Waals surface area contributed by atoms with Crippen LogP contribution in [0, 0.1) is 0 Å². The highest BCUT2D eigenvalue weighted by Gasteiger charge is 2.09. The zero-order chi connectivity index (χ0) is 14.1. The van der Waals surface area contributed by atoms with E-state index in [2.05, 4.69) is 0 Å². The van der Waals surface area contributed by atoms with E-state index in [0.29, 0.717) is 11.1 Å². The second kappa shape index (κ2) is 4.78. The molecule has 2 heterocycles. The van der Waals surface area contributed by atoms with Gasteiger partial charge in [0.1, 0.15) is 0 Å². The van der Waals surface area contributed by atoms with Crippen molar-refractivity contribution in [3.63, 3.8) is 0 Å². The molecule has 3 rings (SSSR count). The van der Waals surface area contributed by atoms with Crippen LogP contribution in [0.1, 0.15) is 17.3 Å². The Bertz CT molecular complexity index is 848. The molecule has 0 fully saturated rings. The Morgan fingerprint density at radius 2 is 1.70 bits per heavy atom. The van der Waals surface area contributed by atoms with Gasteiger partial charge in [-0.3, -0.25) is 14.0 Å². The second-order valence-electron chi connectivity index (χ2n) is 4.68. The largest absolute Gasteiger partial charge is 0.294 e. The summed E-state index contributed by atoms with van der Waals surface area (Å²) in [5.74, 6) is -0.0484. The molecule has 2 aromatic heterocycles. The Kier molecular flexibility index (Phi) is 2.95. The standard InChI is InChI=1S/C17H13NO2/c1-12(19)15-8-5-9-18-16(15)10-14(11-17(18)20)13-6-3-2-4-7-13/h2-11H,1H3. The maximum Gasteiger partial charge on any atom is 0.255 e. The van der Waals surface area contributed by atoms with E-state index in [9.17, 15) is 9.59 Å². The molecule has 1 aromatic carbocycles. The first-order chi connectivity index (χ1) is 9.66. The Morgan fingerprint density at radius 1 is 0.950 bits per heavy atom. The van der Waals surface area contributed by atoms with E-state index < -0.39 is 0 Å². The number of pyridine rings is 2. The van der Waals surface area contributed by atoms with Gasteiger partial charge in [-0.15, -0.1) is 0 Å². The molecule has 0 atom stereocenters. The number of rotatable bonds is 2. The van der Waals surface area contributed by atoms with Gasteiger partial charge in [0.05, 0.1) is 5.52 Å². The van der Waals surface area contributed by atoms with Gasteiger partial charge in [-0.2, -0.15) is 0 Å². The van der Waals surface area contributed by atoms with Gasteiger partial charge >= 0.3 is 0 Å². The zero-order valence-corrected chi connectivity index (χ0v) is 11.0. The number of fused-ring (bicyclic) bond motifs is 1. The number of ketones is 1. The molecule has 0 N–H and O–H groups in total. The lowest BCUT2D eigenvalue weighted by Crippen LogP contribution is -2.14. The zero-order valence-electron chi connectivity index (χ0n) is 11.0. The van der Waals surface area contributed by atoms with Crippen molar-refractivity contribution in [3.8, 4) is 11.1 Å². The lowest BCUT2D eigenvalue weighted by molar-refractivity contribution is 0.101. The minimum absolute atomic E-state index is 0.0484. The summed E-state index contributed by atoms with van der Waals surface area (Å²) >= 11 is 0. The molecule has 0 aliphatic heterocycles. The second-order valence-corrected chi connectivity index (χ2v) is 4.68. The number of nitrogens with zero attached hydrogens (tertiary/aromatic N) is 1. The fraction of sp³-hybridized carbons (Fsp3) is 0.0588. The van der Waals surface area contributed by atoms with Gasteiger partial charge in [0, 0.05) is 17.8 Å². The quantitative estimate of drug-likeness (QED) is 0.666. The third kappa shape index (κ3) is 2.03. The molecule has 0 saturated heterocycles. The van der Waals surface area contributed by atoms with Crippen molar-refractivity contribution in [2.45, 2.75) is 6.92 Å². The smallest absolute Gasteiger partial charge is 0.255 e. The predicted octanol–water partition coefficient (Wildman–Crippen LogP) is 3.17. The summed E-state index contributed by atoms with van der Waals surface area (Å²) < 4.78 is 1.50. The number of carbonyl (C=O) groups excluding carboxylic acids is 1. The van der Waals surface area contributed by atoms with Gasteiger partial charge in [0.25, 0.3) is 5.56 Å². The first-order valence-electron chi connectivity index (χ1n) is 6.38. The average molecular weight is 263 g/mol. The molecule has 20 heavy (non-hydrogen) atoms. The summed E-state index contributed by atoms with van der Waals surface area (Å²) in [4.78, 5) is 23.9. The number of carbonyl (C=O) groups is 1. The molecule has 0 radical (unpaired) electrons. The molecular formula is C17H13NO2. The molecule has 98 valence electrons. The fourth-order valence-corrected chi connectivity index (χ4v) is 2.35. The van der Waals surface area contributed by atoms with Crippen molar-refractivity contribution in [2.24, 2.45) is 0 Å². The van der Waals surface area contributed by atoms with Crippen molar-refractivity contribution in [1.29, 1.82) is 0 Å².